The van der Waals surface area contributed by atoms with Gasteiger partial charge >= 0.3 is 12.1 Å². The van der Waals surface area contributed by atoms with Crippen LogP contribution in [-0.2, 0) is 15.8 Å². The molecule has 1 aliphatic carbocycles. The van der Waals surface area contributed by atoms with Crippen molar-refractivity contribution in [1.29, 1.82) is 0 Å². The molecule has 216 valence electrons. The molecule has 2 aliphatic rings. The lowest BCUT2D eigenvalue weighted by Gasteiger charge is -2.38. The molecule has 0 atom stereocenters. The van der Waals surface area contributed by atoms with E-state index in [-0.39, 0.29) is 29.3 Å². The van der Waals surface area contributed by atoms with E-state index in [2.05, 4.69) is 15.3 Å². The Bertz CT molecular complexity index is 1390. The molecule has 3 heterocycles. The van der Waals surface area contributed by atoms with E-state index in [1.54, 1.807) is 29.2 Å². The van der Waals surface area contributed by atoms with Gasteiger partial charge in [0.2, 0.25) is 17.6 Å². The van der Waals surface area contributed by atoms with E-state index in [0.29, 0.717) is 63.2 Å². The second-order valence-electron chi connectivity index (χ2n) is 10.1. The van der Waals surface area contributed by atoms with Crippen molar-refractivity contribution in [3.63, 3.8) is 0 Å². The highest BCUT2D eigenvalue weighted by molar-refractivity contribution is 6.04. The number of amides is 2. The molecule has 1 aliphatic heterocycles. The number of anilines is 2. The average molecular weight is 572 g/mol. The van der Waals surface area contributed by atoms with Crippen molar-refractivity contribution < 1.29 is 37.1 Å². The summed E-state index contributed by atoms with van der Waals surface area (Å²) in [7, 11) is 0. The molecule has 2 N–H and O–H groups in total. The van der Waals surface area contributed by atoms with Crippen molar-refractivity contribution >= 4 is 29.3 Å². The number of alkyl halides is 3. The molecule has 2 amide bonds. The highest BCUT2D eigenvalue weighted by atomic mass is 19.4. The fourth-order valence-corrected chi connectivity index (χ4v) is 5.21. The first kappa shape index (κ1) is 28.1. The van der Waals surface area contributed by atoms with E-state index in [0.717, 1.165) is 0 Å². The Balaban J connectivity index is 1.18. The highest BCUT2D eigenvalue weighted by Crippen LogP contribution is 2.36. The molecule has 1 saturated heterocycles. The first-order valence-corrected chi connectivity index (χ1v) is 13.3. The number of carboxylic acids is 1. The Kier molecular flexibility index (Phi) is 7.95. The fraction of sp³-hybridized carbons (Fsp3) is 0.393. The van der Waals surface area contributed by atoms with Crippen LogP contribution in [0.4, 0.5) is 24.7 Å². The Morgan fingerprint density at radius 3 is 2.17 bits per heavy atom. The van der Waals surface area contributed by atoms with Gasteiger partial charge in [-0.3, -0.25) is 14.4 Å². The van der Waals surface area contributed by atoms with E-state index in [1.807, 2.05) is 4.90 Å². The van der Waals surface area contributed by atoms with E-state index in [1.165, 1.54) is 24.4 Å². The molecule has 2 fully saturated rings. The van der Waals surface area contributed by atoms with Gasteiger partial charge in [0.05, 0.1) is 17.8 Å². The molecule has 0 radical (unpaired) electrons. The van der Waals surface area contributed by atoms with Crippen LogP contribution in [0.1, 0.15) is 41.9 Å². The minimum atomic E-state index is -4.92. The summed E-state index contributed by atoms with van der Waals surface area (Å²) in [6.45, 7) is 2.05. The predicted molar refractivity (Wildman–Crippen MR) is 141 cm³/mol. The molecular weight excluding hydrogens is 543 g/mol. The maximum absolute atomic E-state index is 13.6. The molecule has 1 aromatic carbocycles. The summed E-state index contributed by atoms with van der Waals surface area (Å²) in [5, 5.41) is 11.6. The second-order valence-corrected chi connectivity index (χ2v) is 10.1. The van der Waals surface area contributed by atoms with Gasteiger partial charge in [0.15, 0.2) is 5.69 Å². The number of piperazine rings is 1. The number of benzene rings is 1. The maximum Gasteiger partial charge on any atom is 0.452 e. The number of hydrogen-bond acceptors (Lipinski definition) is 7. The third-order valence-electron chi connectivity index (χ3n) is 7.47. The van der Waals surface area contributed by atoms with E-state index >= 15 is 0 Å². The lowest BCUT2D eigenvalue weighted by Crippen LogP contribution is -2.51. The number of halogens is 3. The number of aromatic nitrogens is 2. The second kappa shape index (κ2) is 11.6. The van der Waals surface area contributed by atoms with Gasteiger partial charge in [-0.05, 0) is 49.9 Å². The lowest BCUT2D eigenvalue weighted by molar-refractivity contribution is -0.153. The average Bonchev–Trinajstić information content (AvgIpc) is 3.45. The van der Waals surface area contributed by atoms with E-state index in [9.17, 15) is 27.6 Å². The minimum absolute atomic E-state index is 0.0565. The summed E-state index contributed by atoms with van der Waals surface area (Å²) >= 11 is 0. The summed E-state index contributed by atoms with van der Waals surface area (Å²) in [6.07, 6.45) is -1.39. The highest BCUT2D eigenvalue weighted by Gasteiger charge is 2.42. The molecule has 2 aromatic heterocycles. The van der Waals surface area contributed by atoms with E-state index in [4.69, 9.17) is 9.52 Å². The topological polar surface area (TPSA) is 129 Å². The van der Waals surface area contributed by atoms with E-state index < -0.39 is 29.5 Å². The fourth-order valence-electron chi connectivity index (χ4n) is 5.21. The number of carbonyl (C=O) groups excluding carboxylic acids is 2. The zero-order valence-corrected chi connectivity index (χ0v) is 21.9. The third-order valence-corrected chi connectivity index (χ3v) is 7.47. The molecule has 13 heteroatoms. The van der Waals surface area contributed by atoms with Crippen molar-refractivity contribution in [2.45, 2.75) is 31.9 Å². The van der Waals surface area contributed by atoms with Crippen molar-refractivity contribution in [1.82, 2.24) is 14.9 Å². The monoisotopic (exact) mass is 571 g/mol. The number of carbonyl (C=O) groups is 3. The summed E-state index contributed by atoms with van der Waals surface area (Å²) in [5.41, 5.74) is -0.394. The first-order valence-electron chi connectivity index (χ1n) is 13.3. The van der Waals surface area contributed by atoms with Gasteiger partial charge < -0.3 is 24.6 Å². The van der Waals surface area contributed by atoms with Crippen LogP contribution >= 0.6 is 0 Å². The van der Waals surface area contributed by atoms with Gasteiger partial charge in [-0.1, -0.05) is 18.2 Å². The van der Waals surface area contributed by atoms with Gasteiger partial charge in [-0.25, -0.2) is 9.97 Å². The molecule has 0 spiro atoms. The Morgan fingerprint density at radius 2 is 1.59 bits per heavy atom. The minimum Gasteiger partial charge on any atom is -0.481 e. The summed E-state index contributed by atoms with van der Waals surface area (Å²) in [6, 6.07) is 11.2. The molecule has 3 aromatic rings. The number of aliphatic carboxylic acids is 1. The Labute approximate surface area is 233 Å². The SMILES string of the molecule is O=C(Nc1ccc(N2CCN(C(=O)[C@H]3CC[C@H](C(=O)O)CC3)CC2)nc1)c1nc(-c2ccccc2)oc1C(F)(F)F. The zero-order chi connectivity index (χ0) is 29.1. The summed E-state index contributed by atoms with van der Waals surface area (Å²) in [4.78, 5) is 48.8. The number of oxazole rings is 1. The van der Waals surface area contributed by atoms with Gasteiger partial charge in [0, 0.05) is 37.7 Å². The van der Waals surface area contributed by atoms with Crippen LogP contribution in [-0.4, -0.2) is 63.9 Å². The van der Waals surface area contributed by atoms with Gasteiger partial charge in [-0.2, -0.15) is 13.2 Å². The lowest BCUT2D eigenvalue weighted by atomic mass is 9.81. The van der Waals surface area contributed by atoms with Gasteiger partial charge in [-0.15, -0.1) is 0 Å². The van der Waals surface area contributed by atoms with Crippen LogP contribution in [0.3, 0.4) is 0 Å². The molecule has 5 rings (SSSR count). The number of carboxylic acid groups (broad SMARTS) is 1. The summed E-state index contributed by atoms with van der Waals surface area (Å²) < 4.78 is 45.7. The normalized spacial score (nSPS) is 19.6. The van der Waals surface area contributed by atoms with Crippen LogP contribution in [0.5, 0.6) is 0 Å². The largest absolute Gasteiger partial charge is 0.481 e. The molecule has 10 nitrogen and oxygen atoms in total. The van der Waals surface area contributed by atoms with Crippen LogP contribution < -0.4 is 10.2 Å². The molecule has 41 heavy (non-hydrogen) atoms. The van der Waals surface area contributed by atoms with Gasteiger partial charge in [0.25, 0.3) is 5.91 Å². The quantitative estimate of drug-likeness (QED) is 0.441. The Hall–Kier alpha value is -4.42. The number of pyridine rings is 1. The first-order chi connectivity index (χ1) is 19.6. The standard InChI is InChI=1S/C28H28F3N5O5/c29-28(30,31)23-22(34-25(41-23)17-4-2-1-3-5-17)24(37)33-20-10-11-21(32-16-20)35-12-14-36(15-13-35)26(38)18-6-8-19(9-7-18)27(39)40/h1-5,10-11,16,18-19H,6-9,12-15H2,(H,33,37)(H,39,40)/t18-,19-. The smallest absolute Gasteiger partial charge is 0.452 e. The van der Waals surface area contributed by atoms with Crippen LogP contribution in [0.25, 0.3) is 11.5 Å². The zero-order valence-electron chi connectivity index (χ0n) is 21.9. The van der Waals surface area contributed by atoms with Crippen molar-refractivity contribution in [3.05, 3.63) is 60.1 Å². The molecule has 1 saturated carbocycles. The predicted octanol–water partition coefficient (Wildman–Crippen LogP) is 4.55. The maximum atomic E-state index is 13.6. The van der Waals surface area contributed by atoms with Crippen LogP contribution in [0, 0.1) is 11.8 Å². The summed E-state index contributed by atoms with van der Waals surface area (Å²) in [5.74, 6) is -3.55. The van der Waals surface area contributed by atoms with Gasteiger partial charge in [0.1, 0.15) is 5.82 Å². The number of rotatable bonds is 6. The van der Waals surface area contributed by atoms with Crippen molar-refractivity contribution in [2.75, 3.05) is 36.4 Å². The molecule has 0 unspecified atom stereocenters. The van der Waals surface area contributed by atoms with Crippen molar-refractivity contribution in [3.8, 4) is 11.5 Å². The van der Waals surface area contributed by atoms with Crippen molar-refractivity contribution in [2.24, 2.45) is 11.8 Å². The van der Waals surface area contributed by atoms with Crippen LogP contribution in [0.2, 0.25) is 0 Å². The Morgan fingerprint density at radius 1 is 0.927 bits per heavy atom. The molecular formula is C28H28F3N5O5. The van der Waals surface area contributed by atoms with Crippen LogP contribution in [0.15, 0.2) is 53.1 Å². The number of hydrogen-bond donors (Lipinski definition) is 2. The number of nitrogens with one attached hydrogen (secondary N) is 1. The number of nitrogens with zero attached hydrogens (tertiary/aromatic N) is 4. The third kappa shape index (κ3) is 6.34. The molecule has 0 bridgehead atoms.